The molecular formula is C28H28N4O. The Morgan fingerprint density at radius 3 is 2.39 bits per heavy atom. The van der Waals surface area contributed by atoms with Crippen LogP contribution in [0.1, 0.15) is 38.2 Å². The van der Waals surface area contributed by atoms with Crippen molar-refractivity contribution in [3.8, 4) is 22.4 Å². The standard InChI is InChI=1S/C28H28N4O/c1-18-16-32(17-19(2)33-18)26-12-11-21(14-30-26)24-15-31-28-22(20-9-10-20)6-5-7-23(28)27(24)25-8-3-4-13-29-25/h3-8,11-15,18-20H,9-10,16-17H2,1-2H3/t18-,19+. The number of ether oxygens (including phenoxy) is 1. The van der Waals surface area contributed by atoms with Crippen LogP contribution >= 0.6 is 0 Å². The molecule has 2 fully saturated rings. The van der Waals surface area contributed by atoms with Crippen molar-refractivity contribution in [2.45, 2.75) is 44.8 Å². The maximum atomic E-state index is 5.88. The molecule has 0 spiro atoms. The zero-order valence-electron chi connectivity index (χ0n) is 19.1. The Bertz CT molecular complexity index is 1270. The summed E-state index contributed by atoms with van der Waals surface area (Å²) in [7, 11) is 0. The van der Waals surface area contributed by atoms with Gasteiger partial charge in [0.05, 0.1) is 23.4 Å². The minimum atomic E-state index is 0.205. The van der Waals surface area contributed by atoms with Crippen LogP contribution in [0.3, 0.4) is 0 Å². The molecule has 33 heavy (non-hydrogen) atoms. The minimum Gasteiger partial charge on any atom is -0.372 e. The third-order valence-corrected chi connectivity index (χ3v) is 6.67. The van der Waals surface area contributed by atoms with Gasteiger partial charge in [0.1, 0.15) is 5.82 Å². The van der Waals surface area contributed by atoms with Crippen molar-refractivity contribution in [2.75, 3.05) is 18.0 Å². The van der Waals surface area contributed by atoms with Crippen molar-refractivity contribution in [2.24, 2.45) is 0 Å². The van der Waals surface area contributed by atoms with Gasteiger partial charge in [-0.05, 0) is 62.4 Å². The van der Waals surface area contributed by atoms with E-state index in [2.05, 4.69) is 55.1 Å². The third-order valence-electron chi connectivity index (χ3n) is 6.67. The second-order valence-corrected chi connectivity index (χ2v) is 9.35. The van der Waals surface area contributed by atoms with E-state index in [1.54, 1.807) is 0 Å². The lowest BCUT2D eigenvalue weighted by Gasteiger charge is -2.36. The summed E-state index contributed by atoms with van der Waals surface area (Å²) in [5.41, 5.74) is 6.68. The van der Waals surface area contributed by atoms with Crippen molar-refractivity contribution in [1.82, 2.24) is 15.0 Å². The van der Waals surface area contributed by atoms with Gasteiger partial charge >= 0.3 is 0 Å². The Morgan fingerprint density at radius 1 is 0.848 bits per heavy atom. The molecule has 1 aromatic carbocycles. The summed E-state index contributed by atoms with van der Waals surface area (Å²) < 4.78 is 5.88. The first-order valence-electron chi connectivity index (χ1n) is 11.9. The van der Waals surface area contributed by atoms with Gasteiger partial charge in [-0.3, -0.25) is 9.97 Å². The summed E-state index contributed by atoms with van der Waals surface area (Å²) in [4.78, 5) is 16.8. The summed E-state index contributed by atoms with van der Waals surface area (Å²) >= 11 is 0. The second-order valence-electron chi connectivity index (χ2n) is 9.35. The predicted molar refractivity (Wildman–Crippen MR) is 132 cm³/mol. The van der Waals surface area contributed by atoms with Gasteiger partial charge in [0.25, 0.3) is 0 Å². The largest absolute Gasteiger partial charge is 0.372 e. The third kappa shape index (κ3) is 3.87. The number of para-hydroxylation sites is 1. The van der Waals surface area contributed by atoms with E-state index < -0.39 is 0 Å². The van der Waals surface area contributed by atoms with Gasteiger partial charge in [-0.15, -0.1) is 0 Å². The van der Waals surface area contributed by atoms with Crippen LogP contribution in [0.15, 0.2) is 67.1 Å². The van der Waals surface area contributed by atoms with E-state index in [0.717, 1.165) is 52.2 Å². The van der Waals surface area contributed by atoms with Crippen LogP contribution in [0.4, 0.5) is 5.82 Å². The highest BCUT2D eigenvalue weighted by Crippen LogP contribution is 2.45. The molecule has 0 unspecified atom stereocenters. The van der Waals surface area contributed by atoms with Crippen molar-refractivity contribution >= 4 is 16.7 Å². The monoisotopic (exact) mass is 436 g/mol. The van der Waals surface area contributed by atoms with E-state index in [4.69, 9.17) is 19.7 Å². The average molecular weight is 437 g/mol. The molecule has 5 nitrogen and oxygen atoms in total. The number of aromatic nitrogens is 3. The Morgan fingerprint density at radius 2 is 1.70 bits per heavy atom. The van der Waals surface area contributed by atoms with E-state index in [0.29, 0.717) is 5.92 Å². The highest BCUT2D eigenvalue weighted by atomic mass is 16.5. The molecule has 4 aromatic rings. The van der Waals surface area contributed by atoms with Gasteiger partial charge < -0.3 is 9.64 Å². The highest BCUT2D eigenvalue weighted by molar-refractivity contribution is 6.02. The smallest absolute Gasteiger partial charge is 0.128 e. The fourth-order valence-electron chi connectivity index (χ4n) is 5.07. The fraction of sp³-hybridized carbons (Fsp3) is 0.321. The number of rotatable bonds is 4. The number of hydrogen-bond acceptors (Lipinski definition) is 5. The topological polar surface area (TPSA) is 51.1 Å². The molecule has 2 aliphatic rings. The number of morpholine rings is 1. The molecule has 6 rings (SSSR count). The summed E-state index contributed by atoms with van der Waals surface area (Å²) in [5, 5.41) is 1.16. The van der Waals surface area contributed by atoms with Gasteiger partial charge in [0.2, 0.25) is 0 Å². The molecular weight excluding hydrogens is 408 g/mol. The van der Waals surface area contributed by atoms with Crippen molar-refractivity contribution in [3.05, 3.63) is 72.7 Å². The highest BCUT2D eigenvalue weighted by Gasteiger charge is 2.27. The Balaban J connectivity index is 1.46. The molecule has 0 N–H and O–H groups in total. The summed E-state index contributed by atoms with van der Waals surface area (Å²) in [6.45, 7) is 5.95. The summed E-state index contributed by atoms with van der Waals surface area (Å²) in [6.07, 6.45) is 8.76. The predicted octanol–water partition coefficient (Wildman–Crippen LogP) is 5.85. The number of anilines is 1. The summed E-state index contributed by atoms with van der Waals surface area (Å²) in [5.74, 6) is 1.63. The number of benzene rings is 1. The molecule has 0 amide bonds. The van der Waals surface area contributed by atoms with Gasteiger partial charge in [-0.1, -0.05) is 24.3 Å². The number of fused-ring (bicyclic) bond motifs is 1. The van der Waals surface area contributed by atoms with Crippen LogP contribution in [0.5, 0.6) is 0 Å². The van der Waals surface area contributed by atoms with Crippen LogP contribution in [-0.2, 0) is 4.74 Å². The normalized spacial score (nSPS) is 20.8. The van der Waals surface area contributed by atoms with Gasteiger partial charge in [-0.25, -0.2) is 4.98 Å². The Hall–Kier alpha value is -3.31. The molecule has 1 aliphatic heterocycles. The van der Waals surface area contributed by atoms with Crippen molar-refractivity contribution in [3.63, 3.8) is 0 Å². The van der Waals surface area contributed by atoms with Gasteiger partial charge in [-0.2, -0.15) is 0 Å². The zero-order valence-corrected chi connectivity index (χ0v) is 19.1. The maximum absolute atomic E-state index is 5.88. The number of nitrogens with zero attached hydrogens (tertiary/aromatic N) is 4. The molecule has 4 heterocycles. The maximum Gasteiger partial charge on any atom is 0.128 e. The van der Waals surface area contributed by atoms with Crippen LogP contribution in [-0.4, -0.2) is 40.2 Å². The van der Waals surface area contributed by atoms with E-state index >= 15 is 0 Å². The second kappa shape index (κ2) is 8.23. The van der Waals surface area contributed by atoms with Gasteiger partial charge in [0.15, 0.2) is 0 Å². The Labute approximate surface area is 194 Å². The molecule has 1 saturated heterocycles. The average Bonchev–Trinajstić information content (AvgIpc) is 3.68. The SMILES string of the molecule is C[C@@H]1CN(c2ccc(-c3cnc4c(C5CC5)cccc4c3-c3ccccn3)cn2)C[C@H](C)O1. The molecule has 2 atom stereocenters. The lowest BCUT2D eigenvalue weighted by atomic mass is 9.94. The molecule has 166 valence electrons. The number of pyridine rings is 3. The minimum absolute atomic E-state index is 0.205. The van der Waals surface area contributed by atoms with Crippen LogP contribution < -0.4 is 4.90 Å². The number of hydrogen-bond donors (Lipinski definition) is 0. The van der Waals surface area contributed by atoms with Crippen molar-refractivity contribution < 1.29 is 4.74 Å². The van der Waals surface area contributed by atoms with E-state index in [-0.39, 0.29) is 12.2 Å². The first-order chi connectivity index (χ1) is 16.2. The van der Waals surface area contributed by atoms with E-state index in [1.807, 2.05) is 30.7 Å². The molecule has 1 saturated carbocycles. The summed E-state index contributed by atoms with van der Waals surface area (Å²) in [6, 6.07) is 16.9. The fourth-order valence-corrected chi connectivity index (χ4v) is 5.07. The lowest BCUT2D eigenvalue weighted by molar-refractivity contribution is -0.00545. The van der Waals surface area contributed by atoms with Gasteiger partial charge in [0, 0.05) is 53.8 Å². The first kappa shape index (κ1) is 20.3. The molecule has 3 aromatic heterocycles. The Kier molecular flexibility index (Phi) is 5.07. The first-order valence-corrected chi connectivity index (χ1v) is 11.9. The van der Waals surface area contributed by atoms with Crippen LogP contribution in [0.25, 0.3) is 33.3 Å². The molecule has 0 radical (unpaired) electrons. The molecule has 1 aliphatic carbocycles. The van der Waals surface area contributed by atoms with Crippen LogP contribution in [0.2, 0.25) is 0 Å². The van der Waals surface area contributed by atoms with E-state index in [1.165, 1.54) is 18.4 Å². The molecule has 0 bridgehead atoms. The van der Waals surface area contributed by atoms with E-state index in [9.17, 15) is 0 Å². The zero-order chi connectivity index (χ0) is 22.4. The lowest BCUT2D eigenvalue weighted by Crippen LogP contribution is -2.45. The molecule has 5 heteroatoms. The van der Waals surface area contributed by atoms with Crippen molar-refractivity contribution in [1.29, 1.82) is 0 Å². The quantitative estimate of drug-likeness (QED) is 0.402. The van der Waals surface area contributed by atoms with Crippen LogP contribution in [0, 0.1) is 0 Å².